The number of benzene rings is 1. The molecule has 0 spiro atoms. The van der Waals surface area contributed by atoms with Gasteiger partial charge in [-0.05, 0) is 32.2 Å². The highest BCUT2D eigenvalue weighted by Gasteiger charge is 2.23. The first-order valence-corrected chi connectivity index (χ1v) is 11.1. The van der Waals surface area contributed by atoms with E-state index in [0.29, 0.717) is 24.8 Å². The summed E-state index contributed by atoms with van der Waals surface area (Å²) < 4.78 is 8.26. The lowest BCUT2D eigenvalue weighted by molar-refractivity contribution is 0.219. The van der Waals surface area contributed by atoms with Gasteiger partial charge in [0, 0.05) is 43.0 Å². The Labute approximate surface area is 174 Å². The normalized spacial score (nSPS) is 14.1. The van der Waals surface area contributed by atoms with Crippen LogP contribution in [0.3, 0.4) is 0 Å². The summed E-state index contributed by atoms with van der Waals surface area (Å²) in [5, 5.41) is -0.0279. The Hall–Kier alpha value is -2.13. The first-order valence-electron chi connectivity index (χ1n) is 9.02. The fraction of sp³-hybridized carbons (Fsp3) is 0.421. The summed E-state index contributed by atoms with van der Waals surface area (Å²) in [5.74, 6) is 0.860. The number of piperazine rings is 1. The van der Waals surface area contributed by atoms with Crippen molar-refractivity contribution in [3.05, 3.63) is 35.7 Å². The predicted molar refractivity (Wildman–Crippen MR) is 117 cm³/mol. The van der Waals surface area contributed by atoms with Crippen LogP contribution in [0.1, 0.15) is 11.4 Å². The summed E-state index contributed by atoms with van der Waals surface area (Å²) >= 11 is 2.76. The molecule has 0 aliphatic carbocycles. The van der Waals surface area contributed by atoms with Crippen LogP contribution in [0.25, 0.3) is 0 Å². The van der Waals surface area contributed by atoms with Crippen LogP contribution in [0, 0.1) is 13.8 Å². The number of amides is 1. The molecule has 9 heteroatoms. The van der Waals surface area contributed by atoms with Crippen LogP contribution < -0.4 is 14.4 Å². The molecule has 0 saturated carbocycles. The Balaban J connectivity index is 1.57. The Morgan fingerprint density at radius 2 is 1.79 bits per heavy atom. The molecule has 1 aliphatic rings. The molecular weight excluding hydrogens is 394 g/mol. The second kappa shape index (κ2) is 9.38. The number of rotatable bonds is 5. The lowest BCUT2D eigenvalue weighted by Crippen LogP contribution is -2.48. The number of nitrogens with zero attached hydrogens (tertiary/aromatic N) is 4. The quantitative estimate of drug-likeness (QED) is 0.579. The molecule has 7 nitrogen and oxygen atoms in total. The highest BCUT2D eigenvalue weighted by Crippen LogP contribution is 2.29. The number of nitrogens with one attached hydrogen (secondary N) is 1. The number of para-hydroxylation sites is 1. The third-order valence-corrected chi connectivity index (χ3v) is 6.18. The van der Waals surface area contributed by atoms with E-state index in [1.54, 1.807) is 18.9 Å². The van der Waals surface area contributed by atoms with E-state index in [0.717, 1.165) is 36.4 Å². The summed E-state index contributed by atoms with van der Waals surface area (Å²) in [4.78, 5) is 26.8. The van der Waals surface area contributed by atoms with Gasteiger partial charge in [-0.15, -0.1) is 11.8 Å². The number of hydrogen-bond acceptors (Lipinski definition) is 8. The van der Waals surface area contributed by atoms with Crippen LogP contribution in [-0.2, 0) is 0 Å². The van der Waals surface area contributed by atoms with Crippen molar-refractivity contribution in [1.29, 1.82) is 0 Å². The Morgan fingerprint density at radius 3 is 2.46 bits per heavy atom. The smallest absolute Gasteiger partial charge is 0.302 e. The molecule has 1 N–H and O–H groups in total. The summed E-state index contributed by atoms with van der Waals surface area (Å²) in [7, 11) is 1.54. The highest BCUT2D eigenvalue weighted by molar-refractivity contribution is 8.14. The average Bonchev–Trinajstić information content (AvgIpc) is 2.74. The van der Waals surface area contributed by atoms with Gasteiger partial charge in [-0.25, -0.2) is 9.97 Å². The molecule has 1 aromatic heterocycles. The van der Waals surface area contributed by atoms with Crippen LogP contribution >= 0.6 is 23.7 Å². The maximum Gasteiger partial charge on any atom is 0.302 e. The second-order valence-corrected chi connectivity index (χ2v) is 7.97. The van der Waals surface area contributed by atoms with Crippen LogP contribution in [0.5, 0.6) is 5.88 Å². The second-order valence-electron chi connectivity index (χ2n) is 6.37. The lowest BCUT2D eigenvalue weighted by Gasteiger charge is -2.36. The number of carbonyl (C=O) groups is 1. The largest absolute Gasteiger partial charge is 0.478 e. The lowest BCUT2D eigenvalue weighted by atomic mass is 10.2. The van der Waals surface area contributed by atoms with Crippen molar-refractivity contribution < 1.29 is 9.53 Å². The zero-order valence-electron chi connectivity index (χ0n) is 16.6. The van der Waals surface area contributed by atoms with E-state index in [-0.39, 0.29) is 5.24 Å². The summed E-state index contributed by atoms with van der Waals surface area (Å²) in [6.45, 7) is 6.76. The minimum atomic E-state index is -0.0279. The molecular formula is C19H25N5O2S2. The van der Waals surface area contributed by atoms with Crippen LogP contribution in [0.15, 0.2) is 29.2 Å². The fourth-order valence-corrected chi connectivity index (χ4v) is 4.22. The number of aromatic nitrogens is 2. The van der Waals surface area contributed by atoms with Crippen molar-refractivity contribution >= 4 is 40.5 Å². The number of thioether (sulfide) groups is 1. The van der Waals surface area contributed by atoms with E-state index in [4.69, 9.17) is 4.74 Å². The SMILES string of the molecule is COc1nc(C)c(C)nc1NSC(=O)N1CCN(c2ccccc2SC)CC1. The minimum Gasteiger partial charge on any atom is -0.478 e. The third kappa shape index (κ3) is 4.64. The molecule has 1 fully saturated rings. The van der Waals surface area contributed by atoms with E-state index < -0.39 is 0 Å². The van der Waals surface area contributed by atoms with Gasteiger partial charge in [0.25, 0.3) is 5.88 Å². The predicted octanol–water partition coefficient (Wildman–Crippen LogP) is 3.83. The average molecular weight is 420 g/mol. The molecule has 1 aliphatic heterocycles. The van der Waals surface area contributed by atoms with Gasteiger partial charge in [-0.1, -0.05) is 12.1 Å². The van der Waals surface area contributed by atoms with Crippen molar-refractivity contribution in [2.24, 2.45) is 0 Å². The molecule has 1 saturated heterocycles. The molecule has 1 amide bonds. The first-order chi connectivity index (χ1) is 13.5. The third-order valence-electron chi connectivity index (χ3n) is 4.67. The van der Waals surface area contributed by atoms with Gasteiger partial charge in [0.15, 0.2) is 5.82 Å². The molecule has 0 radical (unpaired) electrons. The topological polar surface area (TPSA) is 70.6 Å². The molecule has 0 unspecified atom stereocenters. The van der Waals surface area contributed by atoms with E-state index in [1.807, 2.05) is 18.7 Å². The maximum atomic E-state index is 12.6. The van der Waals surface area contributed by atoms with E-state index >= 15 is 0 Å². The van der Waals surface area contributed by atoms with Gasteiger partial charge < -0.3 is 19.3 Å². The van der Waals surface area contributed by atoms with Gasteiger partial charge in [0.05, 0.1) is 24.2 Å². The van der Waals surface area contributed by atoms with Crippen molar-refractivity contribution in [2.75, 3.05) is 49.2 Å². The number of aryl methyl sites for hydroxylation is 2. The van der Waals surface area contributed by atoms with Crippen LogP contribution in [-0.4, -0.2) is 59.7 Å². The van der Waals surface area contributed by atoms with E-state index in [1.165, 1.54) is 10.6 Å². The number of anilines is 2. The van der Waals surface area contributed by atoms with E-state index in [2.05, 4.69) is 50.1 Å². The van der Waals surface area contributed by atoms with Gasteiger partial charge in [0.2, 0.25) is 0 Å². The van der Waals surface area contributed by atoms with Crippen LogP contribution in [0.4, 0.5) is 16.3 Å². The Morgan fingerprint density at radius 1 is 1.11 bits per heavy atom. The van der Waals surface area contributed by atoms with Crippen molar-refractivity contribution in [3.8, 4) is 5.88 Å². The monoisotopic (exact) mass is 419 g/mol. The van der Waals surface area contributed by atoms with E-state index in [9.17, 15) is 4.79 Å². The number of carbonyl (C=O) groups excluding carboxylic acids is 1. The van der Waals surface area contributed by atoms with Gasteiger partial charge in [-0.2, -0.15) is 0 Å². The number of methoxy groups -OCH3 is 1. The molecule has 0 bridgehead atoms. The van der Waals surface area contributed by atoms with Gasteiger partial charge >= 0.3 is 5.24 Å². The Kier molecular flexibility index (Phi) is 6.90. The molecule has 2 heterocycles. The minimum absolute atomic E-state index is 0.0279. The molecule has 0 atom stereocenters. The molecule has 3 rings (SSSR count). The molecule has 2 aromatic rings. The maximum absolute atomic E-state index is 12.6. The molecule has 150 valence electrons. The summed E-state index contributed by atoms with van der Waals surface area (Å²) in [5.41, 5.74) is 2.85. The summed E-state index contributed by atoms with van der Waals surface area (Å²) in [6, 6.07) is 8.39. The Bertz CT molecular complexity index is 841. The van der Waals surface area contributed by atoms with Crippen molar-refractivity contribution in [3.63, 3.8) is 0 Å². The standard InChI is InChI=1S/C19H25N5O2S2/c1-13-14(2)21-18(26-3)17(20-13)22-28-19(25)24-11-9-23(10-12-24)15-7-5-6-8-16(15)27-4/h5-8H,9-12H2,1-4H3,(H,20,22). The highest BCUT2D eigenvalue weighted by atomic mass is 32.2. The number of hydrogen-bond donors (Lipinski definition) is 1. The van der Waals surface area contributed by atoms with Crippen molar-refractivity contribution in [2.45, 2.75) is 18.7 Å². The summed E-state index contributed by atoms with van der Waals surface area (Å²) in [6.07, 6.45) is 2.09. The molecule has 1 aromatic carbocycles. The van der Waals surface area contributed by atoms with Gasteiger partial charge in [-0.3, -0.25) is 4.79 Å². The molecule has 28 heavy (non-hydrogen) atoms. The first kappa shape index (κ1) is 20.6. The van der Waals surface area contributed by atoms with Gasteiger partial charge in [0.1, 0.15) is 0 Å². The zero-order valence-corrected chi connectivity index (χ0v) is 18.2. The zero-order chi connectivity index (χ0) is 20.1. The van der Waals surface area contributed by atoms with Crippen LogP contribution in [0.2, 0.25) is 0 Å². The van der Waals surface area contributed by atoms with Crippen molar-refractivity contribution in [1.82, 2.24) is 14.9 Å². The fourth-order valence-electron chi connectivity index (χ4n) is 2.97. The number of ether oxygens (including phenoxy) is 1.